The third kappa shape index (κ3) is 3.22. The summed E-state index contributed by atoms with van der Waals surface area (Å²) in [4.78, 5) is 2.28. The molecule has 0 aliphatic heterocycles. The van der Waals surface area contributed by atoms with Crippen molar-refractivity contribution in [2.45, 2.75) is 13.5 Å². The highest BCUT2D eigenvalue weighted by molar-refractivity contribution is 5.53. The molecule has 3 nitrogen and oxygen atoms in total. The summed E-state index contributed by atoms with van der Waals surface area (Å²) in [6.45, 7) is 5.35. The van der Waals surface area contributed by atoms with Crippen molar-refractivity contribution < 1.29 is 4.74 Å². The molecular formula is C12H20N2O. The molecule has 1 rings (SSSR count). The smallest absolute Gasteiger partial charge is 0.0637 e. The third-order valence-electron chi connectivity index (χ3n) is 2.50. The molecule has 84 valence electrons. The Kier molecular flexibility index (Phi) is 5.15. The third-order valence-corrected chi connectivity index (χ3v) is 2.50. The second-order valence-electron chi connectivity index (χ2n) is 3.41. The zero-order chi connectivity index (χ0) is 11.1. The van der Waals surface area contributed by atoms with Crippen LogP contribution in [-0.2, 0) is 11.3 Å². The summed E-state index contributed by atoms with van der Waals surface area (Å²) in [6, 6.07) is 8.26. The van der Waals surface area contributed by atoms with Gasteiger partial charge in [0.2, 0.25) is 0 Å². The highest BCUT2D eigenvalue weighted by Crippen LogP contribution is 2.19. The fourth-order valence-corrected chi connectivity index (χ4v) is 1.64. The lowest BCUT2D eigenvalue weighted by Crippen LogP contribution is -2.28. The van der Waals surface area contributed by atoms with Gasteiger partial charge >= 0.3 is 0 Å². The van der Waals surface area contributed by atoms with E-state index < -0.39 is 0 Å². The topological polar surface area (TPSA) is 38.5 Å². The molecule has 0 atom stereocenters. The molecule has 3 heteroatoms. The minimum atomic E-state index is 0.583. The van der Waals surface area contributed by atoms with Crippen LogP contribution in [0.3, 0.4) is 0 Å². The first-order valence-corrected chi connectivity index (χ1v) is 5.35. The standard InChI is InChI=1S/C12H20N2O/c1-3-14(8-9-15-2)12-7-5-4-6-11(12)10-13/h4-7H,3,8-10,13H2,1-2H3. The van der Waals surface area contributed by atoms with Crippen LogP contribution < -0.4 is 10.6 Å². The quantitative estimate of drug-likeness (QED) is 0.772. The molecule has 0 heterocycles. The zero-order valence-corrected chi connectivity index (χ0v) is 9.57. The predicted molar refractivity (Wildman–Crippen MR) is 64.1 cm³/mol. The number of anilines is 1. The first-order valence-electron chi connectivity index (χ1n) is 5.35. The van der Waals surface area contributed by atoms with Gasteiger partial charge in [0.05, 0.1) is 6.61 Å². The summed E-state index contributed by atoms with van der Waals surface area (Å²) in [5.41, 5.74) is 8.13. The van der Waals surface area contributed by atoms with Crippen LogP contribution in [0.25, 0.3) is 0 Å². The molecule has 0 amide bonds. The van der Waals surface area contributed by atoms with Gasteiger partial charge in [-0.2, -0.15) is 0 Å². The number of benzene rings is 1. The van der Waals surface area contributed by atoms with E-state index in [9.17, 15) is 0 Å². The molecule has 0 aliphatic rings. The SMILES string of the molecule is CCN(CCOC)c1ccccc1CN. The molecule has 0 bridgehead atoms. The number of para-hydroxylation sites is 1. The minimum absolute atomic E-state index is 0.583. The Morgan fingerprint density at radius 2 is 2.07 bits per heavy atom. The molecule has 0 unspecified atom stereocenters. The van der Waals surface area contributed by atoms with E-state index in [4.69, 9.17) is 10.5 Å². The van der Waals surface area contributed by atoms with Gasteiger partial charge in [-0.3, -0.25) is 0 Å². The average Bonchev–Trinajstić information content (AvgIpc) is 2.30. The number of hydrogen-bond donors (Lipinski definition) is 1. The average molecular weight is 208 g/mol. The predicted octanol–water partition coefficient (Wildman–Crippen LogP) is 1.62. The van der Waals surface area contributed by atoms with Crippen molar-refractivity contribution >= 4 is 5.69 Å². The number of nitrogens with zero attached hydrogens (tertiary/aromatic N) is 1. The summed E-state index contributed by atoms with van der Waals surface area (Å²) < 4.78 is 5.10. The lowest BCUT2D eigenvalue weighted by atomic mass is 10.1. The van der Waals surface area contributed by atoms with Crippen LogP contribution in [0.1, 0.15) is 12.5 Å². The van der Waals surface area contributed by atoms with Crippen molar-refractivity contribution in [2.75, 3.05) is 31.7 Å². The van der Waals surface area contributed by atoms with Crippen molar-refractivity contribution in [1.29, 1.82) is 0 Å². The molecule has 0 aromatic heterocycles. The van der Waals surface area contributed by atoms with Crippen LogP contribution in [0, 0.1) is 0 Å². The molecule has 15 heavy (non-hydrogen) atoms. The van der Waals surface area contributed by atoms with Crippen molar-refractivity contribution in [1.82, 2.24) is 0 Å². The van der Waals surface area contributed by atoms with Crippen molar-refractivity contribution in [3.8, 4) is 0 Å². The lowest BCUT2D eigenvalue weighted by Gasteiger charge is -2.25. The lowest BCUT2D eigenvalue weighted by molar-refractivity contribution is 0.205. The van der Waals surface area contributed by atoms with E-state index in [1.54, 1.807) is 7.11 Å². The molecule has 0 radical (unpaired) electrons. The van der Waals surface area contributed by atoms with Crippen LogP contribution in [-0.4, -0.2) is 26.8 Å². The second-order valence-corrected chi connectivity index (χ2v) is 3.41. The number of nitrogens with two attached hydrogens (primary N) is 1. The monoisotopic (exact) mass is 208 g/mol. The maximum Gasteiger partial charge on any atom is 0.0637 e. The highest BCUT2D eigenvalue weighted by Gasteiger charge is 2.07. The van der Waals surface area contributed by atoms with E-state index in [2.05, 4.69) is 24.0 Å². The molecule has 1 aromatic rings. The number of hydrogen-bond acceptors (Lipinski definition) is 3. The van der Waals surface area contributed by atoms with E-state index in [0.29, 0.717) is 6.54 Å². The van der Waals surface area contributed by atoms with Crippen LogP contribution in [0.4, 0.5) is 5.69 Å². The maximum atomic E-state index is 5.71. The van der Waals surface area contributed by atoms with Gasteiger partial charge in [0.25, 0.3) is 0 Å². The summed E-state index contributed by atoms with van der Waals surface area (Å²) in [7, 11) is 1.72. The van der Waals surface area contributed by atoms with Gasteiger partial charge in [0.15, 0.2) is 0 Å². The second kappa shape index (κ2) is 6.43. The van der Waals surface area contributed by atoms with E-state index in [1.807, 2.05) is 12.1 Å². The largest absolute Gasteiger partial charge is 0.383 e. The number of rotatable bonds is 6. The molecule has 0 saturated carbocycles. The highest BCUT2D eigenvalue weighted by atomic mass is 16.5. The Labute approximate surface area is 91.8 Å². The van der Waals surface area contributed by atoms with Gasteiger partial charge in [-0.15, -0.1) is 0 Å². The van der Waals surface area contributed by atoms with Gasteiger partial charge in [-0.1, -0.05) is 18.2 Å². The van der Waals surface area contributed by atoms with E-state index >= 15 is 0 Å². The van der Waals surface area contributed by atoms with Crippen LogP contribution >= 0.6 is 0 Å². The van der Waals surface area contributed by atoms with Gasteiger partial charge in [0.1, 0.15) is 0 Å². The van der Waals surface area contributed by atoms with Crippen LogP contribution in [0.5, 0.6) is 0 Å². The first kappa shape index (κ1) is 12.0. The number of methoxy groups -OCH3 is 1. The Morgan fingerprint density at radius 1 is 1.33 bits per heavy atom. The van der Waals surface area contributed by atoms with E-state index in [0.717, 1.165) is 19.7 Å². The first-order chi connectivity index (χ1) is 7.33. The van der Waals surface area contributed by atoms with Gasteiger partial charge in [-0.05, 0) is 18.6 Å². The summed E-state index contributed by atoms with van der Waals surface area (Å²) >= 11 is 0. The van der Waals surface area contributed by atoms with Crippen molar-refractivity contribution in [3.63, 3.8) is 0 Å². The summed E-state index contributed by atoms with van der Waals surface area (Å²) in [6.07, 6.45) is 0. The maximum absolute atomic E-state index is 5.71. The number of likely N-dealkylation sites (N-methyl/N-ethyl adjacent to an activating group) is 1. The van der Waals surface area contributed by atoms with E-state index in [-0.39, 0.29) is 0 Å². The van der Waals surface area contributed by atoms with Gasteiger partial charge in [-0.25, -0.2) is 0 Å². The molecule has 0 fully saturated rings. The molecule has 1 aromatic carbocycles. The zero-order valence-electron chi connectivity index (χ0n) is 9.57. The van der Waals surface area contributed by atoms with Gasteiger partial charge in [0, 0.05) is 32.4 Å². The Balaban J connectivity index is 2.80. The Hall–Kier alpha value is -1.06. The fraction of sp³-hybridized carbons (Fsp3) is 0.500. The molecule has 0 saturated heterocycles. The molecule has 0 aliphatic carbocycles. The van der Waals surface area contributed by atoms with Crippen molar-refractivity contribution in [3.05, 3.63) is 29.8 Å². The molecule has 2 N–H and O–H groups in total. The Bertz CT molecular complexity index is 289. The van der Waals surface area contributed by atoms with Gasteiger partial charge < -0.3 is 15.4 Å². The minimum Gasteiger partial charge on any atom is -0.383 e. The fourth-order valence-electron chi connectivity index (χ4n) is 1.64. The van der Waals surface area contributed by atoms with Crippen LogP contribution in [0.2, 0.25) is 0 Å². The molecule has 0 spiro atoms. The van der Waals surface area contributed by atoms with E-state index in [1.165, 1.54) is 11.3 Å². The normalized spacial score (nSPS) is 10.3. The van der Waals surface area contributed by atoms with Crippen molar-refractivity contribution in [2.24, 2.45) is 5.73 Å². The summed E-state index contributed by atoms with van der Waals surface area (Å²) in [5, 5.41) is 0. The number of ether oxygens (including phenoxy) is 1. The summed E-state index contributed by atoms with van der Waals surface area (Å²) in [5.74, 6) is 0. The Morgan fingerprint density at radius 3 is 2.67 bits per heavy atom. The molecular weight excluding hydrogens is 188 g/mol. The van der Waals surface area contributed by atoms with Crippen LogP contribution in [0.15, 0.2) is 24.3 Å².